The minimum atomic E-state index is -0.602. The fourth-order valence-corrected chi connectivity index (χ4v) is 4.84. The van der Waals surface area contributed by atoms with Crippen LogP contribution in [0.4, 0.5) is 0 Å². The van der Waals surface area contributed by atoms with Crippen molar-refractivity contribution < 1.29 is 18.7 Å². The molecule has 1 amide bonds. The number of ether oxygens (including phenoxy) is 2. The smallest absolute Gasteiger partial charge is 0.290 e. The molecular formula is C27H29BrN2O5. The molecule has 0 saturated heterocycles. The summed E-state index contributed by atoms with van der Waals surface area (Å²) in [5.74, 6) is 0.886. The predicted octanol–water partition coefficient (Wildman–Crippen LogP) is 5.02. The molecule has 1 aliphatic rings. The third-order valence-corrected chi connectivity index (χ3v) is 6.83. The molecule has 0 saturated carbocycles. The van der Waals surface area contributed by atoms with E-state index < -0.39 is 6.04 Å². The molecule has 2 heterocycles. The topological polar surface area (TPSA) is 72.2 Å². The summed E-state index contributed by atoms with van der Waals surface area (Å²) in [6.07, 6.45) is 1.66. The molecule has 1 aliphatic heterocycles. The summed E-state index contributed by atoms with van der Waals surface area (Å²) in [7, 11) is 1.56. The summed E-state index contributed by atoms with van der Waals surface area (Å²) in [5, 5.41) is 0.430. The zero-order valence-corrected chi connectivity index (χ0v) is 21.8. The maximum Gasteiger partial charge on any atom is 0.290 e. The van der Waals surface area contributed by atoms with E-state index in [0.717, 1.165) is 23.1 Å². The SMILES string of the molecule is C=CCOc1ccc(C2c3c(oc4ccc(Br)cc4c3=O)C(=O)N2CCN(CC)CC)cc1OC. The number of carbonyl (C=O) groups excluding carboxylic acids is 1. The summed E-state index contributed by atoms with van der Waals surface area (Å²) >= 11 is 3.43. The largest absolute Gasteiger partial charge is 0.493 e. The molecule has 0 fully saturated rings. The van der Waals surface area contributed by atoms with Gasteiger partial charge in [0, 0.05) is 17.6 Å². The van der Waals surface area contributed by atoms with Crippen molar-refractivity contribution in [2.45, 2.75) is 19.9 Å². The molecule has 4 rings (SSSR count). The number of rotatable bonds is 10. The number of methoxy groups -OCH3 is 1. The number of carbonyl (C=O) groups is 1. The molecule has 1 unspecified atom stereocenters. The van der Waals surface area contributed by atoms with E-state index >= 15 is 0 Å². The van der Waals surface area contributed by atoms with E-state index in [1.54, 1.807) is 42.4 Å². The fourth-order valence-electron chi connectivity index (χ4n) is 4.48. The molecule has 0 bridgehead atoms. The number of likely N-dealkylation sites (N-methyl/N-ethyl adjacent to an activating group) is 1. The highest BCUT2D eigenvalue weighted by Gasteiger charge is 2.43. The monoisotopic (exact) mass is 540 g/mol. The highest BCUT2D eigenvalue weighted by atomic mass is 79.9. The predicted molar refractivity (Wildman–Crippen MR) is 140 cm³/mol. The van der Waals surface area contributed by atoms with E-state index in [9.17, 15) is 9.59 Å². The third kappa shape index (κ3) is 4.73. The molecule has 7 nitrogen and oxygen atoms in total. The summed E-state index contributed by atoms with van der Waals surface area (Å²) in [5.41, 5.74) is 1.28. The van der Waals surface area contributed by atoms with Crippen molar-refractivity contribution in [2.24, 2.45) is 0 Å². The van der Waals surface area contributed by atoms with Gasteiger partial charge in [-0.05, 0) is 49.0 Å². The number of halogens is 1. The first-order valence-electron chi connectivity index (χ1n) is 11.6. The maximum absolute atomic E-state index is 13.7. The Kier molecular flexibility index (Phi) is 7.62. The van der Waals surface area contributed by atoms with Gasteiger partial charge in [-0.1, -0.05) is 48.5 Å². The third-order valence-electron chi connectivity index (χ3n) is 6.34. The highest BCUT2D eigenvalue weighted by molar-refractivity contribution is 9.10. The van der Waals surface area contributed by atoms with Crippen LogP contribution in [0, 0.1) is 0 Å². The van der Waals surface area contributed by atoms with Gasteiger partial charge in [0.25, 0.3) is 5.91 Å². The summed E-state index contributed by atoms with van der Waals surface area (Å²) in [4.78, 5) is 31.3. The van der Waals surface area contributed by atoms with E-state index in [1.807, 2.05) is 12.1 Å². The molecule has 35 heavy (non-hydrogen) atoms. The Labute approximate surface area is 213 Å². The van der Waals surface area contributed by atoms with Crippen LogP contribution in [0.15, 0.2) is 62.7 Å². The van der Waals surface area contributed by atoms with E-state index in [-0.39, 0.29) is 17.1 Å². The van der Waals surface area contributed by atoms with Gasteiger partial charge in [0.05, 0.1) is 24.1 Å². The van der Waals surface area contributed by atoms with Crippen molar-refractivity contribution in [1.29, 1.82) is 0 Å². The molecule has 184 valence electrons. The minimum Gasteiger partial charge on any atom is -0.493 e. The van der Waals surface area contributed by atoms with Gasteiger partial charge in [-0.25, -0.2) is 0 Å². The average Bonchev–Trinajstić information content (AvgIpc) is 3.15. The van der Waals surface area contributed by atoms with Crippen LogP contribution in [0.1, 0.15) is 41.6 Å². The van der Waals surface area contributed by atoms with E-state index in [0.29, 0.717) is 47.7 Å². The molecule has 8 heteroatoms. The maximum atomic E-state index is 13.7. The Morgan fingerprint density at radius 1 is 1.14 bits per heavy atom. The van der Waals surface area contributed by atoms with Crippen molar-refractivity contribution in [3.63, 3.8) is 0 Å². The molecule has 0 aliphatic carbocycles. The van der Waals surface area contributed by atoms with Crippen molar-refractivity contribution in [2.75, 3.05) is 39.9 Å². The summed E-state index contributed by atoms with van der Waals surface area (Å²) < 4.78 is 18.1. The van der Waals surface area contributed by atoms with Gasteiger partial charge in [0.1, 0.15) is 12.2 Å². The normalized spacial score (nSPS) is 15.1. The molecular weight excluding hydrogens is 512 g/mol. The van der Waals surface area contributed by atoms with Crippen molar-refractivity contribution in [1.82, 2.24) is 9.80 Å². The number of fused-ring (bicyclic) bond motifs is 2. The second-order valence-electron chi connectivity index (χ2n) is 8.25. The van der Waals surface area contributed by atoms with E-state index in [1.165, 1.54) is 0 Å². The van der Waals surface area contributed by atoms with Crippen LogP contribution in [0.5, 0.6) is 11.5 Å². The molecule has 1 atom stereocenters. The Morgan fingerprint density at radius 3 is 2.60 bits per heavy atom. The van der Waals surface area contributed by atoms with Crippen LogP contribution >= 0.6 is 15.9 Å². The van der Waals surface area contributed by atoms with Crippen LogP contribution in [0.2, 0.25) is 0 Å². The fraction of sp³-hybridized carbons (Fsp3) is 0.333. The number of hydrogen-bond acceptors (Lipinski definition) is 6. The van der Waals surface area contributed by atoms with Gasteiger partial charge in [-0.15, -0.1) is 0 Å². The van der Waals surface area contributed by atoms with Crippen LogP contribution in [-0.4, -0.2) is 55.6 Å². The zero-order valence-electron chi connectivity index (χ0n) is 20.2. The summed E-state index contributed by atoms with van der Waals surface area (Å²) in [6, 6.07) is 10.1. The van der Waals surface area contributed by atoms with Crippen LogP contribution in [0.3, 0.4) is 0 Å². The average molecular weight is 541 g/mol. The van der Waals surface area contributed by atoms with Gasteiger partial charge in [-0.3, -0.25) is 9.59 Å². The second-order valence-corrected chi connectivity index (χ2v) is 9.17. The van der Waals surface area contributed by atoms with Gasteiger partial charge < -0.3 is 23.7 Å². The first-order valence-corrected chi connectivity index (χ1v) is 12.4. The van der Waals surface area contributed by atoms with Crippen LogP contribution in [-0.2, 0) is 0 Å². The molecule has 3 aromatic rings. The first kappa shape index (κ1) is 25.0. The minimum absolute atomic E-state index is 0.0975. The molecule has 0 spiro atoms. The van der Waals surface area contributed by atoms with Crippen LogP contribution < -0.4 is 14.9 Å². The Balaban J connectivity index is 1.87. The lowest BCUT2D eigenvalue weighted by molar-refractivity contribution is 0.0708. The molecule has 1 aromatic heterocycles. The molecule has 0 radical (unpaired) electrons. The van der Waals surface area contributed by atoms with Gasteiger partial charge in [0.2, 0.25) is 5.76 Å². The lowest BCUT2D eigenvalue weighted by Crippen LogP contribution is -2.37. The van der Waals surface area contributed by atoms with E-state index in [4.69, 9.17) is 13.9 Å². The summed E-state index contributed by atoms with van der Waals surface area (Å²) in [6.45, 7) is 11.1. The number of amides is 1. The van der Waals surface area contributed by atoms with Gasteiger partial charge in [0.15, 0.2) is 16.9 Å². The van der Waals surface area contributed by atoms with E-state index in [2.05, 4.69) is 41.3 Å². The van der Waals surface area contributed by atoms with Crippen LogP contribution in [0.25, 0.3) is 11.0 Å². The second kappa shape index (κ2) is 10.7. The van der Waals surface area contributed by atoms with Gasteiger partial charge >= 0.3 is 0 Å². The Morgan fingerprint density at radius 2 is 1.91 bits per heavy atom. The van der Waals surface area contributed by atoms with Gasteiger partial charge in [-0.2, -0.15) is 0 Å². The lowest BCUT2D eigenvalue weighted by Gasteiger charge is -2.28. The molecule has 2 aromatic carbocycles. The van der Waals surface area contributed by atoms with Crippen molar-refractivity contribution in [3.05, 3.63) is 80.6 Å². The number of benzene rings is 2. The Hall–Kier alpha value is -3.10. The van der Waals surface area contributed by atoms with Crippen molar-refractivity contribution >= 4 is 32.8 Å². The first-order chi connectivity index (χ1) is 16.9. The standard InChI is InChI=1S/C27H29BrN2O5/c1-5-14-34-21-10-8-17(15-22(21)33-4)24-23-25(31)19-16-18(28)9-11-20(19)35-26(23)27(32)30(24)13-12-29(6-2)7-3/h5,8-11,15-16,24H,1,6-7,12-14H2,2-4H3. The Bertz CT molecular complexity index is 1310. The lowest BCUT2D eigenvalue weighted by atomic mass is 9.98. The van der Waals surface area contributed by atoms with Crippen molar-refractivity contribution in [3.8, 4) is 11.5 Å². The number of hydrogen-bond donors (Lipinski definition) is 0. The zero-order chi connectivity index (χ0) is 25.1. The quantitative estimate of drug-likeness (QED) is 0.336. The highest BCUT2D eigenvalue weighted by Crippen LogP contribution is 2.41. The molecule has 0 N–H and O–H groups in total. The number of nitrogens with zero attached hydrogens (tertiary/aromatic N) is 2.